The largest absolute Gasteiger partial charge is 0.458 e. The summed E-state index contributed by atoms with van der Waals surface area (Å²) >= 11 is 0. The average molecular weight is 229 g/mol. The van der Waals surface area contributed by atoms with Crippen molar-refractivity contribution in [2.45, 2.75) is 13.0 Å². The number of furan rings is 1. The van der Waals surface area contributed by atoms with E-state index in [9.17, 15) is 5.11 Å². The molecule has 5 heteroatoms. The van der Waals surface area contributed by atoms with Crippen molar-refractivity contribution >= 4 is 11.0 Å². The SMILES string of the molecule is Cc1ccc2oc(C(O)c3ncn[nH]3)cc2c1. The maximum Gasteiger partial charge on any atom is 0.171 e. The highest BCUT2D eigenvalue weighted by atomic mass is 16.4. The summed E-state index contributed by atoms with van der Waals surface area (Å²) in [6, 6.07) is 7.68. The third-order valence-corrected chi connectivity index (χ3v) is 2.65. The number of rotatable bonds is 2. The van der Waals surface area contributed by atoms with Gasteiger partial charge in [0.25, 0.3) is 0 Å². The van der Waals surface area contributed by atoms with Gasteiger partial charge in [0.1, 0.15) is 17.7 Å². The molecule has 0 aliphatic carbocycles. The molecule has 1 atom stereocenters. The van der Waals surface area contributed by atoms with E-state index in [0.29, 0.717) is 11.6 Å². The third kappa shape index (κ3) is 1.70. The summed E-state index contributed by atoms with van der Waals surface area (Å²) in [6.45, 7) is 2.01. The minimum atomic E-state index is -0.912. The van der Waals surface area contributed by atoms with Crippen LogP contribution in [0.2, 0.25) is 0 Å². The number of fused-ring (bicyclic) bond motifs is 1. The number of aromatic amines is 1. The summed E-state index contributed by atoms with van der Waals surface area (Å²) in [6.07, 6.45) is 0.441. The standard InChI is InChI=1S/C12H11N3O2/c1-7-2-3-9-8(4-7)5-10(17-9)11(16)12-13-6-14-15-12/h2-6,11,16H,1H3,(H,13,14,15). The van der Waals surface area contributed by atoms with Gasteiger partial charge in [-0.1, -0.05) is 11.6 Å². The molecule has 2 heterocycles. The first-order valence-corrected chi connectivity index (χ1v) is 5.27. The Morgan fingerprint density at radius 3 is 3.00 bits per heavy atom. The van der Waals surface area contributed by atoms with Gasteiger partial charge in [-0.25, -0.2) is 4.98 Å². The predicted molar refractivity (Wildman–Crippen MR) is 61.4 cm³/mol. The Morgan fingerprint density at radius 2 is 2.24 bits per heavy atom. The van der Waals surface area contributed by atoms with Crippen molar-refractivity contribution in [1.29, 1.82) is 0 Å². The molecule has 0 radical (unpaired) electrons. The fourth-order valence-corrected chi connectivity index (χ4v) is 1.80. The molecule has 0 saturated heterocycles. The molecule has 3 aromatic rings. The summed E-state index contributed by atoms with van der Waals surface area (Å²) in [7, 11) is 0. The molecule has 0 saturated carbocycles. The van der Waals surface area contributed by atoms with Gasteiger partial charge in [0.2, 0.25) is 0 Å². The Labute approximate surface area is 97.1 Å². The molecule has 2 aromatic heterocycles. The van der Waals surface area contributed by atoms with E-state index < -0.39 is 6.10 Å². The van der Waals surface area contributed by atoms with Crippen LogP contribution in [0.3, 0.4) is 0 Å². The summed E-state index contributed by atoms with van der Waals surface area (Å²) < 4.78 is 5.57. The van der Waals surface area contributed by atoms with Gasteiger partial charge in [0.05, 0.1) is 0 Å². The molecule has 0 amide bonds. The quantitative estimate of drug-likeness (QED) is 0.704. The molecule has 2 N–H and O–H groups in total. The van der Waals surface area contributed by atoms with E-state index in [2.05, 4.69) is 15.2 Å². The Bertz CT molecular complexity index is 643. The second kappa shape index (κ2) is 3.71. The van der Waals surface area contributed by atoms with Crippen LogP contribution in [0, 0.1) is 6.92 Å². The number of aromatic nitrogens is 3. The van der Waals surface area contributed by atoms with E-state index in [0.717, 1.165) is 16.5 Å². The smallest absolute Gasteiger partial charge is 0.171 e. The van der Waals surface area contributed by atoms with E-state index >= 15 is 0 Å². The third-order valence-electron chi connectivity index (χ3n) is 2.65. The highest BCUT2D eigenvalue weighted by Crippen LogP contribution is 2.26. The minimum Gasteiger partial charge on any atom is -0.458 e. The molecule has 0 spiro atoms. The van der Waals surface area contributed by atoms with Gasteiger partial charge in [-0.2, -0.15) is 5.10 Å². The number of hydrogen-bond donors (Lipinski definition) is 2. The van der Waals surface area contributed by atoms with Gasteiger partial charge in [-0.05, 0) is 25.1 Å². The fraction of sp³-hybridized carbons (Fsp3) is 0.167. The fourth-order valence-electron chi connectivity index (χ4n) is 1.80. The lowest BCUT2D eigenvalue weighted by Crippen LogP contribution is -2.00. The molecular formula is C12H11N3O2. The zero-order chi connectivity index (χ0) is 11.8. The zero-order valence-electron chi connectivity index (χ0n) is 9.21. The molecule has 0 bridgehead atoms. The number of hydrogen-bond acceptors (Lipinski definition) is 4. The molecule has 1 aromatic carbocycles. The van der Waals surface area contributed by atoms with Crippen LogP contribution in [0.4, 0.5) is 0 Å². The number of nitrogens with zero attached hydrogens (tertiary/aromatic N) is 2. The van der Waals surface area contributed by atoms with Crippen molar-refractivity contribution in [1.82, 2.24) is 15.2 Å². The summed E-state index contributed by atoms with van der Waals surface area (Å²) in [5, 5.41) is 17.3. The van der Waals surface area contributed by atoms with E-state index in [1.165, 1.54) is 6.33 Å². The lowest BCUT2D eigenvalue weighted by Gasteiger charge is -2.01. The first kappa shape index (κ1) is 10.0. The van der Waals surface area contributed by atoms with Crippen LogP contribution in [-0.4, -0.2) is 20.3 Å². The number of nitrogens with one attached hydrogen (secondary N) is 1. The lowest BCUT2D eigenvalue weighted by molar-refractivity contribution is 0.183. The Morgan fingerprint density at radius 1 is 1.35 bits per heavy atom. The van der Waals surface area contributed by atoms with E-state index in [1.807, 2.05) is 31.2 Å². The van der Waals surface area contributed by atoms with Crippen LogP contribution in [0.25, 0.3) is 11.0 Å². The maximum absolute atomic E-state index is 10.0. The molecule has 0 aliphatic heterocycles. The van der Waals surface area contributed by atoms with Gasteiger partial charge in [0, 0.05) is 5.39 Å². The van der Waals surface area contributed by atoms with Gasteiger partial charge >= 0.3 is 0 Å². The van der Waals surface area contributed by atoms with Crippen LogP contribution in [0.5, 0.6) is 0 Å². The van der Waals surface area contributed by atoms with Crippen LogP contribution < -0.4 is 0 Å². The lowest BCUT2D eigenvalue weighted by atomic mass is 10.1. The Balaban J connectivity index is 2.06. The molecular weight excluding hydrogens is 218 g/mol. The molecule has 1 unspecified atom stereocenters. The summed E-state index contributed by atoms with van der Waals surface area (Å²) in [5.74, 6) is 0.836. The van der Waals surface area contributed by atoms with E-state index in [1.54, 1.807) is 0 Å². The highest BCUT2D eigenvalue weighted by Gasteiger charge is 2.17. The number of H-pyrrole nitrogens is 1. The molecule has 0 aliphatic rings. The normalized spacial score (nSPS) is 13.1. The Kier molecular flexibility index (Phi) is 2.19. The molecule has 5 nitrogen and oxygen atoms in total. The topological polar surface area (TPSA) is 74.9 Å². The van der Waals surface area contributed by atoms with E-state index in [-0.39, 0.29) is 0 Å². The Hall–Kier alpha value is -2.14. The second-order valence-electron chi connectivity index (χ2n) is 3.96. The van der Waals surface area contributed by atoms with Crippen molar-refractivity contribution in [3.05, 3.63) is 47.7 Å². The van der Waals surface area contributed by atoms with Gasteiger partial charge < -0.3 is 9.52 Å². The predicted octanol–water partition coefficient (Wildman–Crippen LogP) is 1.94. The van der Waals surface area contributed by atoms with Crippen LogP contribution >= 0.6 is 0 Å². The van der Waals surface area contributed by atoms with Crippen molar-refractivity contribution in [3.63, 3.8) is 0 Å². The van der Waals surface area contributed by atoms with Crippen molar-refractivity contribution in [3.8, 4) is 0 Å². The molecule has 3 rings (SSSR count). The number of aliphatic hydroxyl groups is 1. The van der Waals surface area contributed by atoms with Gasteiger partial charge in [0.15, 0.2) is 11.9 Å². The zero-order valence-corrected chi connectivity index (χ0v) is 9.21. The van der Waals surface area contributed by atoms with Crippen molar-refractivity contribution < 1.29 is 9.52 Å². The molecule has 17 heavy (non-hydrogen) atoms. The van der Waals surface area contributed by atoms with Gasteiger partial charge in [-0.3, -0.25) is 5.10 Å². The number of aliphatic hydroxyl groups excluding tert-OH is 1. The second-order valence-corrected chi connectivity index (χ2v) is 3.96. The monoisotopic (exact) mass is 229 g/mol. The summed E-state index contributed by atoms with van der Waals surface area (Å²) in [4.78, 5) is 3.90. The molecule has 0 fully saturated rings. The van der Waals surface area contributed by atoms with Crippen LogP contribution in [0.15, 0.2) is 35.0 Å². The maximum atomic E-state index is 10.0. The first-order valence-electron chi connectivity index (χ1n) is 5.27. The average Bonchev–Trinajstić information content (AvgIpc) is 2.96. The van der Waals surface area contributed by atoms with Crippen molar-refractivity contribution in [2.75, 3.05) is 0 Å². The minimum absolute atomic E-state index is 0.376. The van der Waals surface area contributed by atoms with Crippen molar-refractivity contribution in [2.24, 2.45) is 0 Å². The van der Waals surface area contributed by atoms with Gasteiger partial charge in [-0.15, -0.1) is 0 Å². The van der Waals surface area contributed by atoms with Crippen LogP contribution in [0.1, 0.15) is 23.3 Å². The van der Waals surface area contributed by atoms with Crippen LogP contribution in [-0.2, 0) is 0 Å². The first-order chi connectivity index (χ1) is 8.24. The summed E-state index contributed by atoms with van der Waals surface area (Å²) in [5.41, 5.74) is 1.91. The number of benzene rings is 1. The van der Waals surface area contributed by atoms with E-state index in [4.69, 9.17) is 4.42 Å². The molecule has 86 valence electrons. The highest BCUT2D eigenvalue weighted by molar-refractivity contribution is 5.78. The number of aryl methyl sites for hydroxylation is 1.